The Balaban J connectivity index is 1.76. The summed E-state index contributed by atoms with van der Waals surface area (Å²) in [5, 5.41) is 13.2. The number of rotatable bonds is 7. The Morgan fingerprint density at radius 1 is 1.36 bits per heavy atom. The molecule has 0 aliphatic carbocycles. The highest BCUT2D eigenvalue weighted by Gasteiger charge is 2.37. The zero-order chi connectivity index (χ0) is 15.9. The molecule has 1 fully saturated rings. The van der Waals surface area contributed by atoms with Gasteiger partial charge in [0.1, 0.15) is 0 Å². The van der Waals surface area contributed by atoms with Crippen LogP contribution in [-0.2, 0) is 11.2 Å². The fraction of sp³-hybridized carbons (Fsp3) is 0.611. The number of hydrogen-bond acceptors (Lipinski definition) is 3. The summed E-state index contributed by atoms with van der Waals surface area (Å²) in [6.45, 7) is 6.35. The van der Waals surface area contributed by atoms with Crippen LogP contribution in [-0.4, -0.2) is 47.7 Å². The predicted octanol–water partition coefficient (Wildman–Crippen LogP) is 1.83. The molecule has 1 saturated heterocycles. The van der Waals surface area contributed by atoms with Crippen molar-refractivity contribution >= 4 is 5.91 Å². The van der Waals surface area contributed by atoms with Gasteiger partial charge < -0.3 is 10.4 Å². The normalized spacial score (nSPS) is 25.3. The number of nitrogens with zero attached hydrogens (tertiary/aromatic N) is 1. The first-order chi connectivity index (χ1) is 10.6. The number of hydrogen-bond donors (Lipinski definition) is 2. The lowest BCUT2D eigenvalue weighted by atomic mass is 10.0. The number of benzene rings is 1. The molecule has 2 N–H and O–H groups in total. The van der Waals surface area contributed by atoms with Crippen molar-refractivity contribution in [2.24, 2.45) is 5.92 Å². The van der Waals surface area contributed by atoms with Gasteiger partial charge in [0.25, 0.3) is 0 Å². The van der Waals surface area contributed by atoms with Gasteiger partial charge in [-0.3, -0.25) is 9.69 Å². The summed E-state index contributed by atoms with van der Waals surface area (Å²) in [7, 11) is 0. The van der Waals surface area contributed by atoms with Crippen LogP contribution in [0.15, 0.2) is 30.3 Å². The first-order valence-corrected chi connectivity index (χ1v) is 8.34. The van der Waals surface area contributed by atoms with Gasteiger partial charge in [-0.25, -0.2) is 0 Å². The van der Waals surface area contributed by atoms with Gasteiger partial charge in [0.05, 0.1) is 6.10 Å². The van der Waals surface area contributed by atoms with E-state index in [1.807, 2.05) is 13.0 Å². The summed E-state index contributed by atoms with van der Waals surface area (Å²) < 4.78 is 0. The molecule has 1 aliphatic heterocycles. The van der Waals surface area contributed by atoms with Gasteiger partial charge in [0.15, 0.2) is 0 Å². The zero-order valence-electron chi connectivity index (χ0n) is 13.7. The van der Waals surface area contributed by atoms with Crippen LogP contribution in [0.3, 0.4) is 0 Å². The summed E-state index contributed by atoms with van der Waals surface area (Å²) in [5.41, 5.74) is 1.36. The van der Waals surface area contributed by atoms with E-state index in [-0.39, 0.29) is 24.0 Å². The van der Waals surface area contributed by atoms with Crippen LogP contribution in [0, 0.1) is 5.92 Å². The topological polar surface area (TPSA) is 52.6 Å². The molecule has 1 aromatic rings. The summed E-state index contributed by atoms with van der Waals surface area (Å²) in [5.74, 6) is 0.199. The second-order valence-electron chi connectivity index (χ2n) is 6.23. The number of carbonyl (C=O) groups is 1. The van der Waals surface area contributed by atoms with Crippen LogP contribution in [0.25, 0.3) is 0 Å². The highest BCUT2D eigenvalue weighted by molar-refractivity contribution is 5.75. The molecule has 0 aromatic heterocycles. The second-order valence-corrected chi connectivity index (χ2v) is 6.23. The third-order valence-corrected chi connectivity index (χ3v) is 4.66. The Kier molecular flexibility index (Phi) is 6.40. The van der Waals surface area contributed by atoms with Crippen molar-refractivity contribution in [3.05, 3.63) is 35.9 Å². The van der Waals surface area contributed by atoms with Crippen LogP contribution in [0.4, 0.5) is 0 Å². The highest BCUT2D eigenvalue weighted by Crippen LogP contribution is 2.23. The van der Waals surface area contributed by atoms with E-state index in [9.17, 15) is 9.90 Å². The lowest BCUT2D eigenvalue weighted by Crippen LogP contribution is -2.35. The molecular weight excluding hydrogens is 276 g/mol. The van der Waals surface area contributed by atoms with Crippen molar-refractivity contribution in [1.82, 2.24) is 10.2 Å². The monoisotopic (exact) mass is 304 g/mol. The van der Waals surface area contributed by atoms with Crippen molar-refractivity contribution in [2.45, 2.75) is 45.3 Å². The average Bonchev–Trinajstić information content (AvgIpc) is 2.81. The number of aliphatic hydroxyl groups excluding tert-OH is 1. The van der Waals surface area contributed by atoms with Crippen molar-refractivity contribution in [3.8, 4) is 0 Å². The Morgan fingerprint density at radius 2 is 2.09 bits per heavy atom. The quantitative estimate of drug-likeness (QED) is 0.808. The average molecular weight is 304 g/mol. The lowest BCUT2D eigenvalue weighted by molar-refractivity contribution is -0.121. The molecule has 4 heteroatoms. The summed E-state index contributed by atoms with van der Waals surface area (Å²) in [6, 6.07) is 10.7. The largest absolute Gasteiger partial charge is 0.391 e. The van der Waals surface area contributed by atoms with Gasteiger partial charge in [-0.05, 0) is 31.9 Å². The molecule has 122 valence electrons. The van der Waals surface area contributed by atoms with Gasteiger partial charge in [-0.15, -0.1) is 0 Å². The number of carbonyl (C=O) groups excluding carboxylic acids is 1. The summed E-state index contributed by atoms with van der Waals surface area (Å²) in [6.07, 6.45) is 2.31. The van der Waals surface area contributed by atoms with E-state index in [1.54, 1.807) is 0 Å². The number of likely N-dealkylation sites (tertiary alicyclic amines) is 1. The van der Waals surface area contributed by atoms with Gasteiger partial charge in [0, 0.05) is 31.5 Å². The number of nitrogens with one attached hydrogen (secondary N) is 1. The summed E-state index contributed by atoms with van der Waals surface area (Å²) >= 11 is 0. The molecule has 0 saturated carbocycles. The van der Waals surface area contributed by atoms with E-state index in [0.717, 1.165) is 25.9 Å². The maximum Gasteiger partial charge on any atom is 0.219 e. The minimum absolute atomic E-state index is 0.0578. The zero-order valence-corrected chi connectivity index (χ0v) is 13.7. The smallest absolute Gasteiger partial charge is 0.219 e. The minimum atomic E-state index is -0.353. The first kappa shape index (κ1) is 17.0. The van der Waals surface area contributed by atoms with E-state index >= 15 is 0 Å². The number of aliphatic hydroxyl groups is 1. The van der Waals surface area contributed by atoms with Gasteiger partial charge in [-0.1, -0.05) is 37.3 Å². The highest BCUT2D eigenvalue weighted by atomic mass is 16.3. The molecule has 22 heavy (non-hydrogen) atoms. The van der Waals surface area contributed by atoms with E-state index in [1.165, 1.54) is 5.56 Å². The van der Waals surface area contributed by atoms with Crippen LogP contribution < -0.4 is 5.32 Å². The van der Waals surface area contributed by atoms with Crippen molar-refractivity contribution < 1.29 is 9.90 Å². The first-order valence-electron chi connectivity index (χ1n) is 8.34. The molecule has 0 bridgehead atoms. The number of amides is 1. The molecule has 1 aliphatic rings. The second kappa shape index (κ2) is 8.30. The molecule has 4 nitrogen and oxygen atoms in total. The molecule has 0 radical (unpaired) electrons. The standard InChI is InChI=1S/C18H28N2O2/c1-3-17(21)19-12-16-13-20(14(2)18(16)22)11-7-10-15-8-5-4-6-9-15/h4-6,8-9,14,16,18,22H,3,7,10-13H2,1-2H3,(H,19,21). The Labute approximate surface area is 133 Å². The summed E-state index contributed by atoms with van der Waals surface area (Å²) in [4.78, 5) is 13.7. The van der Waals surface area contributed by atoms with Gasteiger partial charge >= 0.3 is 0 Å². The Morgan fingerprint density at radius 3 is 2.77 bits per heavy atom. The fourth-order valence-electron chi connectivity index (χ4n) is 3.17. The molecule has 2 rings (SSSR count). The van der Waals surface area contributed by atoms with Gasteiger partial charge in [0.2, 0.25) is 5.91 Å². The SMILES string of the molecule is CCC(=O)NCC1CN(CCCc2ccccc2)C(C)C1O. The van der Waals surface area contributed by atoms with Crippen LogP contribution in [0.5, 0.6) is 0 Å². The molecule has 1 amide bonds. The van der Waals surface area contributed by atoms with Crippen molar-refractivity contribution in [3.63, 3.8) is 0 Å². The molecule has 0 spiro atoms. The maximum atomic E-state index is 11.4. The minimum Gasteiger partial charge on any atom is -0.391 e. The molecule has 1 aromatic carbocycles. The van der Waals surface area contributed by atoms with E-state index in [2.05, 4.69) is 41.4 Å². The van der Waals surface area contributed by atoms with Crippen LogP contribution >= 0.6 is 0 Å². The third kappa shape index (κ3) is 4.55. The van der Waals surface area contributed by atoms with Crippen LogP contribution in [0.1, 0.15) is 32.3 Å². The molecule has 3 atom stereocenters. The molecule has 3 unspecified atom stereocenters. The van der Waals surface area contributed by atoms with E-state index in [0.29, 0.717) is 13.0 Å². The lowest BCUT2D eigenvalue weighted by Gasteiger charge is -2.22. The Hall–Kier alpha value is -1.39. The maximum absolute atomic E-state index is 11.4. The van der Waals surface area contributed by atoms with Crippen LogP contribution in [0.2, 0.25) is 0 Å². The van der Waals surface area contributed by atoms with E-state index < -0.39 is 0 Å². The third-order valence-electron chi connectivity index (χ3n) is 4.66. The Bertz CT molecular complexity index is 463. The van der Waals surface area contributed by atoms with Gasteiger partial charge in [-0.2, -0.15) is 0 Å². The predicted molar refractivity (Wildman–Crippen MR) is 88.6 cm³/mol. The van der Waals surface area contributed by atoms with E-state index in [4.69, 9.17) is 0 Å². The van der Waals surface area contributed by atoms with Crippen molar-refractivity contribution in [2.75, 3.05) is 19.6 Å². The van der Waals surface area contributed by atoms with Crippen molar-refractivity contribution in [1.29, 1.82) is 0 Å². The molecular formula is C18H28N2O2. The number of aryl methyl sites for hydroxylation is 1. The molecule has 1 heterocycles. The fourth-order valence-corrected chi connectivity index (χ4v) is 3.17.